The van der Waals surface area contributed by atoms with Gasteiger partial charge in [0, 0.05) is 45.9 Å². The highest BCUT2D eigenvalue weighted by Gasteiger charge is 2.53. The third-order valence-electron chi connectivity index (χ3n) is 14.3. The summed E-state index contributed by atoms with van der Waals surface area (Å²) in [4.78, 5) is 0. The highest BCUT2D eigenvalue weighted by atomic mass is 35.5. The number of ether oxygens (including phenoxy) is 4. The Morgan fingerprint density at radius 1 is 0.434 bits per heavy atom. The van der Waals surface area contributed by atoms with Gasteiger partial charge in [0.05, 0.1) is 23.3 Å². The fourth-order valence-corrected chi connectivity index (χ4v) is 22.9. The van der Waals surface area contributed by atoms with Crippen molar-refractivity contribution >= 4 is 60.1 Å². The van der Waals surface area contributed by atoms with Crippen molar-refractivity contribution < 1.29 is 18.9 Å². The van der Waals surface area contributed by atoms with E-state index in [1.807, 2.05) is 48.5 Å². The molecule has 76 heavy (non-hydrogen) atoms. The molecule has 6 aromatic carbocycles. The Kier molecular flexibility index (Phi) is 19.4. The molecule has 2 aliphatic heterocycles. The number of hydrogen-bond donors (Lipinski definition) is 0. The van der Waals surface area contributed by atoms with Gasteiger partial charge in [-0.15, -0.1) is 0 Å². The van der Waals surface area contributed by atoms with E-state index in [0.717, 1.165) is 71.2 Å². The molecule has 2 saturated heterocycles. The van der Waals surface area contributed by atoms with Crippen molar-refractivity contribution in [3.8, 4) is 47.4 Å². The lowest BCUT2D eigenvalue weighted by atomic mass is 10.1. The van der Waals surface area contributed by atoms with Crippen LogP contribution in [0.15, 0.2) is 190 Å². The average Bonchev–Trinajstić information content (AvgIpc) is 3.50. The van der Waals surface area contributed by atoms with Crippen LogP contribution in [-0.4, -0.2) is 55.2 Å². The smallest absolute Gasteiger partial charge is 0.165 e. The first-order chi connectivity index (χ1) is 36.8. The second-order valence-corrected chi connectivity index (χ2v) is 31.6. The third-order valence-corrected chi connectivity index (χ3v) is 26.9. The molecule has 6 aromatic rings. The van der Waals surface area contributed by atoms with E-state index in [1.54, 1.807) is 0 Å². The van der Waals surface area contributed by atoms with E-state index in [0.29, 0.717) is 23.3 Å². The Bertz CT molecular complexity index is 2890. The normalized spacial score (nSPS) is 16.6. The van der Waals surface area contributed by atoms with Crippen LogP contribution in [0.4, 0.5) is 0 Å². The zero-order chi connectivity index (χ0) is 53.4. The van der Waals surface area contributed by atoms with Gasteiger partial charge in [-0.05, 0) is 130 Å². The number of halogens is 2. The lowest BCUT2D eigenvalue weighted by Gasteiger charge is -2.44. The van der Waals surface area contributed by atoms with Crippen molar-refractivity contribution in [3.05, 3.63) is 213 Å². The van der Waals surface area contributed by atoms with Crippen molar-refractivity contribution in [1.82, 2.24) is 0 Å². The quantitative estimate of drug-likeness (QED) is 0.0904. The third kappa shape index (κ3) is 13.3. The molecule has 0 radical (unpaired) electrons. The van der Waals surface area contributed by atoms with Crippen LogP contribution in [0.25, 0.3) is 0 Å². The van der Waals surface area contributed by atoms with Crippen molar-refractivity contribution in [1.29, 1.82) is 0 Å². The molecule has 2 unspecified atom stereocenters. The van der Waals surface area contributed by atoms with Gasteiger partial charge in [0.2, 0.25) is 0 Å². The summed E-state index contributed by atoms with van der Waals surface area (Å²) in [5.41, 5.74) is 3.39. The van der Waals surface area contributed by atoms with E-state index in [-0.39, 0.29) is 35.9 Å². The Hall–Kier alpha value is -6.11. The first-order valence-electron chi connectivity index (χ1n) is 26.5. The highest BCUT2D eigenvalue weighted by molar-refractivity contribution is 7.11. The fraction of sp³-hybridized carbons (Fsp3) is 0.294. The zero-order valence-corrected chi connectivity index (χ0v) is 48.3. The molecular formula is C68H68Cl2O4Si2. The average molecular weight is 1080 g/mol. The van der Waals surface area contributed by atoms with Gasteiger partial charge in [-0.1, -0.05) is 222 Å². The van der Waals surface area contributed by atoms with Gasteiger partial charge in [0.25, 0.3) is 0 Å². The lowest BCUT2D eigenvalue weighted by molar-refractivity contribution is -0.156. The summed E-state index contributed by atoms with van der Waals surface area (Å²) in [5.74, 6) is 27.0. The van der Waals surface area contributed by atoms with Gasteiger partial charge in [-0.25, -0.2) is 0 Å². The van der Waals surface area contributed by atoms with Gasteiger partial charge in [-0.2, -0.15) is 0 Å². The van der Waals surface area contributed by atoms with Crippen LogP contribution in [0, 0.1) is 47.4 Å². The zero-order valence-electron chi connectivity index (χ0n) is 44.8. The fourth-order valence-electron chi connectivity index (χ4n) is 10.8. The molecule has 386 valence electrons. The summed E-state index contributed by atoms with van der Waals surface area (Å²) in [7, 11) is -5.82. The van der Waals surface area contributed by atoms with Crippen molar-refractivity contribution in [2.24, 2.45) is 0 Å². The predicted octanol–water partition coefficient (Wildman–Crippen LogP) is 13.1. The summed E-state index contributed by atoms with van der Waals surface area (Å²) in [6.45, 7) is 15.7. The molecule has 2 aliphatic rings. The second-order valence-electron chi connectivity index (χ2n) is 21.4. The second kappa shape index (κ2) is 26.3. The summed E-state index contributed by atoms with van der Waals surface area (Å²) >= 11 is 15.0. The first kappa shape index (κ1) is 56.1. The minimum Gasteiger partial charge on any atom is -0.353 e. The number of benzene rings is 6. The van der Waals surface area contributed by atoms with Gasteiger partial charge >= 0.3 is 0 Å². The van der Waals surface area contributed by atoms with Crippen LogP contribution < -0.4 is 20.7 Å². The standard InChI is InChI=1S/C68H68Cl2O4Si2/c1-67(2,3)75(57-27-11-7-12-28-57,58-29-13-8-14-30-58)63(61(69)51-73-65-35-21-23-49-71-65)47-45-55-41-37-53(38-42-55)25-19-20-26-54-39-43-56(44-40-54)46-48-64(62(70)52-74-66-36-22-24-50-72-66)76(68(4,5)6,59-31-15-9-16-32-59)60-33-17-10-18-34-60/h7-18,27-34,37-44,65-66H,21-24,35-36,49-52H2,1-6H3/b63-61+,64-62+. The maximum absolute atomic E-state index is 7.49. The molecule has 2 atom stereocenters. The Balaban J connectivity index is 1.05. The first-order valence-corrected chi connectivity index (χ1v) is 31.3. The predicted molar refractivity (Wildman–Crippen MR) is 320 cm³/mol. The maximum Gasteiger partial charge on any atom is 0.165 e. The number of hydrogen-bond acceptors (Lipinski definition) is 4. The summed E-state index contributed by atoms with van der Waals surface area (Å²) in [6.07, 6.45) is 5.37. The van der Waals surface area contributed by atoms with E-state index in [9.17, 15) is 0 Å². The Morgan fingerprint density at radius 2 is 0.724 bits per heavy atom. The largest absolute Gasteiger partial charge is 0.353 e. The molecule has 8 heteroatoms. The Labute approximate surface area is 465 Å². The van der Waals surface area contributed by atoms with Crippen molar-refractivity contribution in [3.63, 3.8) is 0 Å². The highest BCUT2D eigenvalue weighted by Crippen LogP contribution is 2.44. The van der Waals surface area contributed by atoms with Crippen LogP contribution in [-0.2, 0) is 18.9 Å². The topological polar surface area (TPSA) is 36.9 Å². The van der Waals surface area contributed by atoms with E-state index >= 15 is 0 Å². The van der Waals surface area contributed by atoms with E-state index in [2.05, 4.69) is 210 Å². The molecule has 0 saturated carbocycles. The molecule has 0 spiro atoms. The SMILES string of the molecule is CC(C)(C)[Si](/C(C#Cc1ccc(C#CC#Cc2ccc(C#C/C(=C(\Cl)COC3CCCCO3)[Si](c3ccccc3)(c3ccccc3)C(C)(C)C)cc2)cc1)=C(/Cl)COC1CCCCO1)(c1ccccc1)c1ccccc1. The molecule has 8 rings (SSSR count). The minimum absolute atomic E-state index is 0.221. The maximum atomic E-state index is 7.49. The van der Waals surface area contributed by atoms with Gasteiger partial charge < -0.3 is 18.9 Å². The monoisotopic (exact) mass is 1070 g/mol. The molecule has 2 heterocycles. The van der Waals surface area contributed by atoms with Crippen molar-refractivity contribution in [2.45, 2.75) is 103 Å². The molecular weight excluding hydrogens is 1010 g/mol. The van der Waals surface area contributed by atoms with Crippen LogP contribution in [0.3, 0.4) is 0 Å². The summed E-state index contributed by atoms with van der Waals surface area (Å²) < 4.78 is 24.6. The van der Waals surface area contributed by atoms with Crippen LogP contribution in [0.2, 0.25) is 10.1 Å². The van der Waals surface area contributed by atoms with Crippen LogP contribution >= 0.6 is 23.2 Å². The molecule has 4 nitrogen and oxygen atoms in total. The van der Waals surface area contributed by atoms with Gasteiger partial charge in [0.15, 0.2) is 28.7 Å². The molecule has 0 N–H and O–H groups in total. The molecule has 2 fully saturated rings. The minimum atomic E-state index is -2.91. The number of rotatable bonds is 12. The summed E-state index contributed by atoms with van der Waals surface area (Å²) in [6, 6.07) is 59.0. The molecule has 0 amide bonds. The Morgan fingerprint density at radius 3 is 0.987 bits per heavy atom. The van der Waals surface area contributed by atoms with Crippen LogP contribution in [0.1, 0.15) is 102 Å². The molecule has 0 aromatic heterocycles. The number of allylic oxidation sites excluding steroid dienone is 2. The van der Waals surface area contributed by atoms with Crippen molar-refractivity contribution in [2.75, 3.05) is 26.4 Å². The molecule has 0 aliphatic carbocycles. The van der Waals surface area contributed by atoms with Gasteiger partial charge in [-0.3, -0.25) is 0 Å². The van der Waals surface area contributed by atoms with E-state index in [1.165, 1.54) is 20.7 Å². The van der Waals surface area contributed by atoms with E-state index in [4.69, 9.17) is 42.1 Å². The molecule has 0 bridgehead atoms. The lowest BCUT2D eigenvalue weighted by Crippen LogP contribution is -2.66. The van der Waals surface area contributed by atoms with E-state index < -0.39 is 16.1 Å². The van der Waals surface area contributed by atoms with Crippen LogP contribution in [0.5, 0.6) is 0 Å². The summed E-state index contributed by atoms with van der Waals surface area (Å²) in [5, 5.41) is 7.61. The van der Waals surface area contributed by atoms with Gasteiger partial charge in [0.1, 0.15) is 0 Å².